The van der Waals surface area contributed by atoms with Gasteiger partial charge in [0.15, 0.2) is 0 Å². The topological polar surface area (TPSA) is 33.6 Å². The summed E-state index contributed by atoms with van der Waals surface area (Å²) in [4.78, 5) is 7.56. The van der Waals surface area contributed by atoms with E-state index in [0.717, 1.165) is 25.2 Å². The van der Waals surface area contributed by atoms with E-state index >= 15 is 0 Å². The highest BCUT2D eigenvalue weighted by molar-refractivity contribution is 5.81. The monoisotopic (exact) mass is 251 g/mol. The highest BCUT2D eigenvalue weighted by Crippen LogP contribution is 2.29. The fourth-order valence-electron chi connectivity index (χ4n) is 3.27. The third-order valence-corrected chi connectivity index (χ3v) is 4.19. The second-order valence-corrected chi connectivity index (χ2v) is 5.44. The van der Waals surface area contributed by atoms with Crippen LogP contribution in [0.4, 0.5) is 0 Å². The Hall–Kier alpha value is -2.03. The zero-order chi connectivity index (χ0) is 12.7. The van der Waals surface area contributed by atoms with Crippen LogP contribution in [0.25, 0.3) is 10.9 Å². The molecule has 3 aromatic rings. The number of H-pyrrole nitrogens is 1. The first-order valence-electron chi connectivity index (χ1n) is 6.95. The first kappa shape index (κ1) is 10.9. The molecule has 1 atom stereocenters. The normalized spacial score (nSPS) is 18.6. The number of hydrogen-bond donors (Lipinski definition) is 1. The lowest BCUT2D eigenvalue weighted by Crippen LogP contribution is -2.20. The van der Waals surface area contributed by atoms with E-state index in [1.165, 1.54) is 23.0 Å². The molecule has 4 rings (SSSR count). The van der Waals surface area contributed by atoms with Crippen LogP contribution in [0.1, 0.15) is 17.9 Å². The van der Waals surface area contributed by atoms with Crippen molar-refractivity contribution in [3.05, 3.63) is 54.2 Å². The van der Waals surface area contributed by atoms with Gasteiger partial charge < -0.3 is 9.55 Å². The van der Waals surface area contributed by atoms with Crippen LogP contribution in [0.5, 0.6) is 0 Å². The van der Waals surface area contributed by atoms with E-state index in [-0.39, 0.29) is 0 Å². The molecule has 3 heteroatoms. The van der Waals surface area contributed by atoms with E-state index in [1.807, 2.05) is 12.4 Å². The van der Waals surface area contributed by atoms with Gasteiger partial charge in [0.2, 0.25) is 0 Å². The van der Waals surface area contributed by atoms with E-state index < -0.39 is 0 Å². The summed E-state index contributed by atoms with van der Waals surface area (Å²) in [5.41, 5.74) is 2.86. The zero-order valence-corrected chi connectivity index (χ0v) is 10.8. The van der Waals surface area contributed by atoms with Crippen molar-refractivity contribution in [2.75, 3.05) is 0 Å². The molecule has 0 aliphatic carbocycles. The minimum atomic E-state index is 0.711. The molecule has 1 aliphatic heterocycles. The fourth-order valence-corrected chi connectivity index (χ4v) is 3.27. The molecule has 0 spiro atoms. The standard InChI is InChI=1S/C16H17N3/c1-2-4-15-13(3-1)11-14-9-12(5-8-19(14)15)10-16-17-6-7-18-16/h1-4,6-7,11-12H,5,8-10H2,(H,17,18). The van der Waals surface area contributed by atoms with Crippen LogP contribution < -0.4 is 0 Å². The quantitative estimate of drug-likeness (QED) is 0.745. The molecule has 2 aromatic heterocycles. The lowest BCUT2D eigenvalue weighted by atomic mass is 9.92. The summed E-state index contributed by atoms with van der Waals surface area (Å²) >= 11 is 0. The molecule has 1 N–H and O–H groups in total. The molecular weight excluding hydrogens is 234 g/mol. The molecule has 0 saturated heterocycles. The summed E-state index contributed by atoms with van der Waals surface area (Å²) in [6, 6.07) is 11.0. The van der Waals surface area contributed by atoms with Gasteiger partial charge in [-0.1, -0.05) is 18.2 Å². The fraction of sp³-hybridized carbons (Fsp3) is 0.312. The van der Waals surface area contributed by atoms with Gasteiger partial charge in [0.1, 0.15) is 5.82 Å². The molecule has 0 fully saturated rings. The Labute approximate surface area is 112 Å². The maximum Gasteiger partial charge on any atom is 0.106 e. The van der Waals surface area contributed by atoms with Gasteiger partial charge in [0.05, 0.1) is 0 Å². The van der Waals surface area contributed by atoms with Gasteiger partial charge in [-0.25, -0.2) is 4.98 Å². The highest BCUT2D eigenvalue weighted by Gasteiger charge is 2.21. The van der Waals surface area contributed by atoms with Crippen LogP contribution >= 0.6 is 0 Å². The maximum absolute atomic E-state index is 4.35. The van der Waals surface area contributed by atoms with E-state index in [0.29, 0.717) is 5.92 Å². The first-order valence-corrected chi connectivity index (χ1v) is 6.95. The van der Waals surface area contributed by atoms with Crippen molar-refractivity contribution in [2.24, 2.45) is 5.92 Å². The molecule has 0 radical (unpaired) electrons. The lowest BCUT2D eigenvalue weighted by molar-refractivity contribution is 0.387. The third-order valence-electron chi connectivity index (χ3n) is 4.19. The second-order valence-electron chi connectivity index (χ2n) is 5.44. The molecule has 1 aromatic carbocycles. The summed E-state index contributed by atoms with van der Waals surface area (Å²) < 4.78 is 2.48. The van der Waals surface area contributed by atoms with Crippen molar-refractivity contribution in [1.29, 1.82) is 0 Å². The number of hydrogen-bond acceptors (Lipinski definition) is 1. The number of imidazole rings is 1. The van der Waals surface area contributed by atoms with Gasteiger partial charge in [-0.2, -0.15) is 0 Å². The average Bonchev–Trinajstić information content (AvgIpc) is 3.05. The highest BCUT2D eigenvalue weighted by atomic mass is 15.0. The van der Waals surface area contributed by atoms with Crippen molar-refractivity contribution in [1.82, 2.24) is 14.5 Å². The van der Waals surface area contributed by atoms with Crippen molar-refractivity contribution in [2.45, 2.75) is 25.8 Å². The van der Waals surface area contributed by atoms with Crippen molar-refractivity contribution in [3.8, 4) is 0 Å². The minimum Gasteiger partial charge on any atom is -0.349 e. The number of fused-ring (bicyclic) bond motifs is 3. The predicted octanol–water partition coefficient (Wildman–Crippen LogP) is 3.17. The van der Waals surface area contributed by atoms with Crippen molar-refractivity contribution >= 4 is 10.9 Å². The number of para-hydroxylation sites is 1. The lowest BCUT2D eigenvalue weighted by Gasteiger charge is -2.24. The summed E-state index contributed by atoms with van der Waals surface area (Å²) in [7, 11) is 0. The van der Waals surface area contributed by atoms with Gasteiger partial charge in [-0.15, -0.1) is 0 Å². The van der Waals surface area contributed by atoms with Gasteiger partial charge in [-0.05, 0) is 36.3 Å². The molecule has 3 heterocycles. The molecule has 19 heavy (non-hydrogen) atoms. The number of rotatable bonds is 2. The van der Waals surface area contributed by atoms with Crippen LogP contribution in [0, 0.1) is 5.92 Å². The van der Waals surface area contributed by atoms with Crippen LogP contribution in [-0.2, 0) is 19.4 Å². The third kappa shape index (κ3) is 1.86. The summed E-state index contributed by atoms with van der Waals surface area (Å²) in [6.07, 6.45) is 7.22. The molecule has 1 unspecified atom stereocenters. The van der Waals surface area contributed by atoms with Crippen molar-refractivity contribution < 1.29 is 0 Å². The Morgan fingerprint density at radius 3 is 3.16 bits per heavy atom. The number of nitrogens with zero attached hydrogens (tertiary/aromatic N) is 2. The van der Waals surface area contributed by atoms with E-state index in [1.54, 1.807) is 0 Å². The van der Waals surface area contributed by atoms with Crippen LogP contribution in [0.15, 0.2) is 42.7 Å². The predicted molar refractivity (Wildman–Crippen MR) is 76.0 cm³/mol. The van der Waals surface area contributed by atoms with E-state index in [2.05, 4.69) is 44.9 Å². The van der Waals surface area contributed by atoms with Crippen molar-refractivity contribution in [3.63, 3.8) is 0 Å². The zero-order valence-electron chi connectivity index (χ0n) is 10.8. The summed E-state index contributed by atoms with van der Waals surface area (Å²) in [5, 5.41) is 1.37. The Kier molecular flexibility index (Phi) is 2.44. The van der Waals surface area contributed by atoms with Crippen LogP contribution in [0.2, 0.25) is 0 Å². The number of aromatic nitrogens is 3. The number of aryl methyl sites for hydroxylation is 1. The summed E-state index contributed by atoms with van der Waals surface area (Å²) in [5.74, 6) is 1.83. The number of benzene rings is 1. The largest absolute Gasteiger partial charge is 0.349 e. The molecule has 1 aliphatic rings. The Morgan fingerprint density at radius 2 is 2.26 bits per heavy atom. The van der Waals surface area contributed by atoms with Gasteiger partial charge in [-0.3, -0.25) is 0 Å². The van der Waals surface area contributed by atoms with Gasteiger partial charge >= 0.3 is 0 Å². The minimum absolute atomic E-state index is 0.711. The van der Waals surface area contributed by atoms with Crippen LogP contribution in [0.3, 0.4) is 0 Å². The number of nitrogens with one attached hydrogen (secondary N) is 1. The maximum atomic E-state index is 4.35. The van der Waals surface area contributed by atoms with E-state index in [9.17, 15) is 0 Å². The molecular formula is C16H17N3. The molecule has 0 amide bonds. The Morgan fingerprint density at radius 1 is 1.32 bits per heavy atom. The molecule has 3 nitrogen and oxygen atoms in total. The SMILES string of the molecule is c1ccc2c(c1)cc1n2CCC(Cc2ncc[nH]2)C1. The van der Waals surface area contributed by atoms with Crippen LogP contribution in [-0.4, -0.2) is 14.5 Å². The van der Waals surface area contributed by atoms with E-state index in [4.69, 9.17) is 0 Å². The summed E-state index contributed by atoms with van der Waals surface area (Å²) in [6.45, 7) is 1.13. The molecule has 0 saturated carbocycles. The molecule has 0 bridgehead atoms. The number of aromatic amines is 1. The first-order chi connectivity index (χ1) is 9.40. The van der Waals surface area contributed by atoms with Gasteiger partial charge in [0.25, 0.3) is 0 Å². The van der Waals surface area contributed by atoms with Gasteiger partial charge in [0, 0.05) is 36.6 Å². The second kappa shape index (κ2) is 4.26. The average molecular weight is 251 g/mol. The Bertz CT molecular complexity index is 694. The Balaban J connectivity index is 1.63. The molecule has 96 valence electrons. The smallest absolute Gasteiger partial charge is 0.106 e.